The van der Waals surface area contributed by atoms with E-state index in [1.807, 2.05) is 54.9 Å². The van der Waals surface area contributed by atoms with Crippen molar-refractivity contribution in [2.45, 2.75) is 0 Å². The molecule has 0 amide bonds. The quantitative estimate of drug-likeness (QED) is 0.507. The van der Waals surface area contributed by atoms with Gasteiger partial charge < -0.3 is 5.32 Å². The fourth-order valence-electron chi connectivity index (χ4n) is 3.01. The summed E-state index contributed by atoms with van der Waals surface area (Å²) in [5.74, 6) is 1.48. The van der Waals surface area contributed by atoms with Crippen LogP contribution in [0.5, 0.6) is 0 Å². The molecule has 0 aliphatic heterocycles. The molecule has 0 aliphatic rings. The summed E-state index contributed by atoms with van der Waals surface area (Å²) >= 11 is 0. The molecule has 5 heteroatoms. The summed E-state index contributed by atoms with van der Waals surface area (Å²) in [6.45, 7) is 0. The van der Waals surface area contributed by atoms with Crippen molar-refractivity contribution in [2.75, 3.05) is 5.32 Å². The van der Waals surface area contributed by atoms with Gasteiger partial charge in [0, 0.05) is 22.4 Å². The zero-order chi connectivity index (χ0) is 15.9. The number of para-hydroxylation sites is 1. The molecular formula is C19H13N5. The lowest BCUT2D eigenvalue weighted by molar-refractivity contribution is 1.11. The van der Waals surface area contributed by atoms with Gasteiger partial charge in [0.2, 0.25) is 0 Å². The number of hydrogen-bond donors (Lipinski definition) is 2. The van der Waals surface area contributed by atoms with Gasteiger partial charge in [-0.1, -0.05) is 42.5 Å². The highest BCUT2D eigenvalue weighted by molar-refractivity contribution is 6.08. The van der Waals surface area contributed by atoms with E-state index in [0.717, 1.165) is 44.2 Å². The SMILES string of the molecule is c1ccc2cc(Nc3nc4ccccc4c4cn[nH]c34)ncc2c1. The molecule has 114 valence electrons. The number of H-pyrrole nitrogens is 1. The highest BCUT2D eigenvalue weighted by Gasteiger charge is 2.10. The minimum absolute atomic E-state index is 0.726. The summed E-state index contributed by atoms with van der Waals surface area (Å²) in [5.41, 5.74) is 1.80. The van der Waals surface area contributed by atoms with Crippen molar-refractivity contribution in [3.05, 3.63) is 67.0 Å². The van der Waals surface area contributed by atoms with E-state index < -0.39 is 0 Å². The highest BCUT2D eigenvalue weighted by atomic mass is 15.1. The Morgan fingerprint density at radius 3 is 2.62 bits per heavy atom. The summed E-state index contributed by atoms with van der Waals surface area (Å²) < 4.78 is 0. The van der Waals surface area contributed by atoms with Crippen molar-refractivity contribution in [2.24, 2.45) is 0 Å². The summed E-state index contributed by atoms with van der Waals surface area (Å²) in [5, 5.41) is 14.9. The van der Waals surface area contributed by atoms with Gasteiger partial charge in [-0.15, -0.1) is 0 Å². The van der Waals surface area contributed by atoms with Gasteiger partial charge in [-0.3, -0.25) is 5.10 Å². The van der Waals surface area contributed by atoms with Gasteiger partial charge in [-0.2, -0.15) is 5.10 Å². The van der Waals surface area contributed by atoms with E-state index >= 15 is 0 Å². The van der Waals surface area contributed by atoms with Crippen LogP contribution in [-0.2, 0) is 0 Å². The van der Waals surface area contributed by atoms with Crippen LogP contribution in [0.2, 0.25) is 0 Å². The Morgan fingerprint density at radius 1 is 0.833 bits per heavy atom. The lowest BCUT2D eigenvalue weighted by Gasteiger charge is -2.09. The fraction of sp³-hybridized carbons (Fsp3) is 0. The monoisotopic (exact) mass is 311 g/mol. The molecule has 0 spiro atoms. The average Bonchev–Trinajstić information content (AvgIpc) is 3.12. The zero-order valence-electron chi connectivity index (χ0n) is 12.7. The predicted octanol–water partition coefficient (Wildman–Crippen LogP) is 4.40. The first kappa shape index (κ1) is 13.0. The van der Waals surface area contributed by atoms with E-state index in [0.29, 0.717) is 0 Å². The van der Waals surface area contributed by atoms with Crippen LogP contribution in [0.1, 0.15) is 0 Å². The molecule has 0 fully saturated rings. The molecule has 0 unspecified atom stereocenters. The van der Waals surface area contributed by atoms with Crippen LogP contribution >= 0.6 is 0 Å². The topological polar surface area (TPSA) is 66.5 Å². The Kier molecular flexibility index (Phi) is 2.72. The van der Waals surface area contributed by atoms with Gasteiger partial charge in [0.05, 0.1) is 11.7 Å². The van der Waals surface area contributed by atoms with E-state index in [1.54, 1.807) is 0 Å². The summed E-state index contributed by atoms with van der Waals surface area (Å²) in [4.78, 5) is 9.22. The van der Waals surface area contributed by atoms with Crippen LogP contribution in [0.4, 0.5) is 11.6 Å². The van der Waals surface area contributed by atoms with Crippen LogP contribution < -0.4 is 5.32 Å². The third kappa shape index (κ3) is 1.99. The van der Waals surface area contributed by atoms with E-state index in [4.69, 9.17) is 4.98 Å². The third-order valence-electron chi connectivity index (χ3n) is 4.18. The predicted molar refractivity (Wildman–Crippen MR) is 96.4 cm³/mol. The lowest BCUT2D eigenvalue weighted by atomic mass is 10.1. The zero-order valence-corrected chi connectivity index (χ0v) is 12.7. The largest absolute Gasteiger partial charge is 0.323 e. The highest BCUT2D eigenvalue weighted by Crippen LogP contribution is 2.29. The Balaban J connectivity index is 1.68. The van der Waals surface area contributed by atoms with Gasteiger partial charge in [-0.05, 0) is 17.5 Å². The maximum Gasteiger partial charge on any atom is 0.158 e. The minimum Gasteiger partial charge on any atom is -0.323 e. The summed E-state index contributed by atoms with van der Waals surface area (Å²) in [6, 6.07) is 18.2. The number of pyridine rings is 2. The molecule has 0 atom stereocenters. The number of anilines is 2. The molecule has 3 heterocycles. The molecule has 5 nitrogen and oxygen atoms in total. The maximum atomic E-state index is 4.73. The number of hydrogen-bond acceptors (Lipinski definition) is 4. The molecule has 5 rings (SSSR count). The molecule has 2 N–H and O–H groups in total. The molecule has 0 radical (unpaired) electrons. The van der Waals surface area contributed by atoms with Crippen molar-refractivity contribution in [1.82, 2.24) is 20.2 Å². The normalized spacial score (nSPS) is 11.3. The van der Waals surface area contributed by atoms with Crippen molar-refractivity contribution in [3.63, 3.8) is 0 Å². The summed E-state index contributed by atoms with van der Waals surface area (Å²) in [6.07, 6.45) is 3.70. The minimum atomic E-state index is 0.726. The first-order valence-electron chi connectivity index (χ1n) is 7.72. The third-order valence-corrected chi connectivity index (χ3v) is 4.18. The van der Waals surface area contributed by atoms with Crippen LogP contribution in [0.25, 0.3) is 32.6 Å². The van der Waals surface area contributed by atoms with Gasteiger partial charge >= 0.3 is 0 Å². The van der Waals surface area contributed by atoms with Crippen molar-refractivity contribution < 1.29 is 0 Å². The van der Waals surface area contributed by atoms with E-state index in [2.05, 4.69) is 32.6 Å². The molecule has 24 heavy (non-hydrogen) atoms. The number of fused-ring (bicyclic) bond motifs is 4. The number of aromatic nitrogens is 4. The first-order valence-corrected chi connectivity index (χ1v) is 7.72. The molecule has 0 aliphatic carbocycles. The second-order valence-electron chi connectivity index (χ2n) is 5.68. The molecule has 2 aromatic carbocycles. The van der Waals surface area contributed by atoms with Crippen molar-refractivity contribution >= 4 is 44.2 Å². The van der Waals surface area contributed by atoms with Gasteiger partial charge in [-0.25, -0.2) is 9.97 Å². The molecule has 3 aromatic heterocycles. The smallest absolute Gasteiger partial charge is 0.158 e. The van der Waals surface area contributed by atoms with E-state index in [-0.39, 0.29) is 0 Å². The fourth-order valence-corrected chi connectivity index (χ4v) is 3.01. The number of nitrogens with zero attached hydrogens (tertiary/aromatic N) is 3. The Hall–Kier alpha value is -3.47. The maximum absolute atomic E-state index is 4.73. The van der Waals surface area contributed by atoms with Crippen LogP contribution in [0.15, 0.2) is 67.0 Å². The van der Waals surface area contributed by atoms with Gasteiger partial charge in [0.25, 0.3) is 0 Å². The van der Waals surface area contributed by atoms with Crippen LogP contribution in [-0.4, -0.2) is 20.2 Å². The second kappa shape index (κ2) is 5.03. The number of benzene rings is 2. The summed E-state index contributed by atoms with van der Waals surface area (Å²) in [7, 11) is 0. The van der Waals surface area contributed by atoms with Crippen molar-refractivity contribution in [1.29, 1.82) is 0 Å². The van der Waals surface area contributed by atoms with Crippen molar-refractivity contribution in [3.8, 4) is 0 Å². The molecular weight excluding hydrogens is 298 g/mol. The number of nitrogens with one attached hydrogen (secondary N) is 2. The number of aromatic amines is 1. The lowest BCUT2D eigenvalue weighted by Crippen LogP contribution is -1.98. The molecule has 0 saturated heterocycles. The van der Waals surface area contributed by atoms with Crippen LogP contribution in [0, 0.1) is 0 Å². The first-order chi connectivity index (χ1) is 11.9. The Morgan fingerprint density at radius 2 is 1.67 bits per heavy atom. The van der Waals surface area contributed by atoms with E-state index in [9.17, 15) is 0 Å². The second-order valence-corrected chi connectivity index (χ2v) is 5.68. The molecule has 0 bridgehead atoms. The van der Waals surface area contributed by atoms with E-state index in [1.165, 1.54) is 0 Å². The van der Waals surface area contributed by atoms with Crippen LogP contribution in [0.3, 0.4) is 0 Å². The number of rotatable bonds is 2. The van der Waals surface area contributed by atoms with Gasteiger partial charge in [0.15, 0.2) is 5.82 Å². The molecule has 0 saturated carbocycles. The average molecular weight is 311 g/mol. The molecule has 5 aromatic rings. The Bertz CT molecular complexity index is 1190. The van der Waals surface area contributed by atoms with Gasteiger partial charge in [0.1, 0.15) is 11.3 Å². The standard InChI is InChI=1S/C19H13N5/c1-2-6-13-10-20-17(9-12(13)5-1)23-19-18-15(11-21-24-18)14-7-3-4-8-16(14)22-19/h1-11H,(H,21,24)(H,20,22,23). The Labute approximate surface area is 137 Å².